The van der Waals surface area contributed by atoms with Crippen molar-refractivity contribution in [2.24, 2.45) is 5.73 Å². The summed E-state index contributed by atoms with van der Waals surface area (Å²) in [5, 5.41) is 0. The van der Waals surface area contributed by atoms with E-state index in [1.54, 1.807) is 12.5 Å². The number of aromatic nitrogens is 4. The summed E-state index contributed by atoms with van der Waals surface area (Å²) in [6, 6.07) is 0. The molecule has 2 aromatic rings. The number of nitrogens with two attached hydrogens (primary N) is 1. The second kappa shape index (κ2) is 4.44. The molecule has 2 saturated heterocycles. The molecule has 0 unspecified atom stereocenters. The van der Waals surface area contributed by atoms with Crippen molar-refractivity contribution in [2.45, 2.75) is 44.2 Å². The minimum atomic E-state index is -0.643. The smallest absolute Gasteiger partial charge is 0.166 e. The van der Waals surface area contributed by atoms with Crippen LogP contribution >= 0.6 is 0 Å². The van der Waals surface area contributed by atoms with Crippen molar-refractivity contribution in [1.82, 2.24) is 19.5 Å². The van der Waals surface area contributed by atoms with Crippen LogP contribution in [-0.2, 0) is 14.2 Å². The lowest BCUT2D eigenvalue weighted by atomic mass is 10.1. The SMILES string of the molecule is CC1(C)O[C@@H]2[C@H](O1)[C@@H](CN)O[C@H]2n1cnc2cncnc21. The molecule has 2 aromatic heterocycles. The van der Waals surface area contributed by atoms with E-state index in [4.69, 9.17) is 19.9 Å². The number of nitrogens with zero attached hydrogens (tertiary/aromatic N) is 4. The van der Waals surface area contributed by atoms with Gasteiger partial charge in [-0.1, -0.05) is 0 Å². The molecule has 0 aliphatic carbocycles. The zero-order valence-corrected chi connectivity index (χ0v) is 11.8. The Hall–Kier alpha value is -1.61. The Bertz CT molecular complexity index is 673. The van der Waals surface area contributed by atoms with Crippen LogP contribution < -0.4 is 5.73 Å². The molecule has 0 radical (unpaired) electrons. The molecule has 0 aromatic carbocycles. The molecule has 0 saturated carbocycles. The summed E-state index contributed by atoms with van der Waals surface area (Å²) in [5.74, 6) is -0.643. The maximum atomic E-state index is 6.01. The van der Waals surface area contributed by atoms with Gasteiger partial charge in [0.15, 0.2) is 17.7 Å². The van der Waals surface area contributed by atoms with Crippen LogP contribution in [0.5, 0.6) is 0 Å². The quantitative estimate of drug-likeness (QED) is 0.844. The van der Waals surface area contributed by atoms with Gasteiger partial charge in [0.1, 0.15) is 30.2 Å². The van der Waals surface area contributed by atoms with Crippen LogP contribution in [0.1, 0.15) is 20.1 Å². The Morgan fingerprint density at radius 1 is 1.29 bits per heavy atom. The molecule has 112 valence electrons. The van der Waals surface area contributed by atoms with Crippen LogP contribution in [0.3, 0.4) is 0 Å². The van der Waals surface area contributed by atoms with Crippen LogP contribution in [0.15, 0.2) is 18.9 Å². The second-order valence-corrected chi connectivity index (χ2v) is 5.75. The molecule has 4 atom stereocenters. The summed E-state index contributed by atoms with van der Waals surface area (Å²) in [4.78, 5) is 12.5. The summed E-state index contributed by atoms with van der Waals surface area (Å²) in [7, 11) is 0. The highest BCUT2D eigenvalue weighted by atomic mass is 16.8. The largest absolute Gasteiger partial charge is 0.348 e. The normalized spacial score (nSPS) is 34.4. The highest BCUT2D eigenvalue weighted by Gasteiger charge is 2.55. The van der Waals surface area contributed by atoms with Crippen LogP contribution in [0.4, 0.5) is 0 Å². The van der Waals surface area contributed by atoms with Gasteiger partial charge in [-0.2, -0.15) is 0 Å². The lowest BCUT2D eigenvalue weighted by Gasteiger charge is -2.24. The molecule has 21 heavy (non-hydrogen) atoms. The number of rotatable bonds is 2. The average Bonchev–Trinajstić information content (AvgIpc) is 3.09. The van der Waals surface area contributed by atoms with Crippen molar-refractivity contribution in [3.63, 3.8) is 0 Å². The average molecular weight is 291 g/mol. The first-order valence-corrected chi connectivity index (χ1v) is 6.93. The molecule has 8 nitrogen and oxygen atoms in total. The van der Waals surface area contributed by atoms with Gasteiger partial charge in [-0.3, -0.25) is 4.57 Å². The molecular weight excluding hydrogens is 274 g/mol. The summed E-state index contributed by atoms with van der Waals surface area (Å²) >= 11 is 0. The monoisotopic (exact) mass is 291 g/mol. The molecule has 2 N–H and O–H groups in total. The third-order valence-corrected chi connectivity index (χ3v) is 3.87. The lowest BCUT2D eigenvalue weighted by Crippen LogP contribution is -2.34. The topological polar surface area (TPSA) is 97.3 Å². The minimum absolute atomic E-state index is 0.186. The van der Waals surface area contributed by atoms with Crippen molar-refractivity contribution in [1.29, 1.82) is 0 Å². The predicted molar refractivity (Wildman–Crippen MR) is 72.1 cm³/mol. The van der Waals surface area contributed by atoms with E-state index < -0.39 is 5.79 Å². The molecule has 8 heteroatoms. The van der Waals surface area contributed by atoms with E-state index in [2.05, 4.69) is 15.0 Å². The van der Waals surface area contributed by atoms with Gasteiger partial charge in [0.05, 0.1) is 12.5 Å². The van der Waals surface area contributed by atoms with Crippen LogP contribution in [0.2, 0.25) is 0 Å². The van der Waals surface area contributed by atoms with Gasteiger partial charge in [0, 0.05) is 6.54 Å². The summed E-state index contributed by atoms with van der Waals surface area (Å²) in [5.41, 5.74) is 7.22. The van der Waals surface area contributed by atoms with Gasteiger partial charge >= 0.3 is 0 Å². The number of hydrogen-bond acceptors (Lipinski definition) is 7. The van der Waals surface area contributed by atoms with Crippen molar-refractivity contribution in [2.75, 3.05) is 6.54 Å². The third-order valence-electron chi connectivity index (χ3n) is 3.87. The Balaban J connectivity index is 1.75. The van der Waals surface area contributed by atoms with E-state index >= 15 is 0 Å². The van der Waals surface area contributed by atoms with Crippen molar-refractivity contribution in [3.05, 3.63) is 18.9 Å². The van der Waals surface area contributed by atoms with E-state index in [0.717, 1.165) is 0 Å². The number of ether oxygens (including phenoxy) is 3. The Kier molecular flexibility index (Phi) is 2.77. The number of imidazole rings is 1. The molecule has 0 spiro atoms. The van der Waals surface area contributed by atoms with Gasteiger partial charge in [-0.05, 0) is 13.8 Å². The fraction of sp³-hybridized carbons (Fsp3) is 0.615. The van der Waals surface area contributed by atoms with E-state index in [1.165, 1.54) is 6.33 Å². The van der Waals surface area contributed by atoms with E-state index in [0.29, 0.717) is 17.7 Å². The molecule has 0 amide bonds. The zero-order valence-electron chi connectivity index (χ0n) is 11.8. The fourth-order valence-corrected chi connectivity index (χ4v) is 3.04. The van der Waals surface area contributed by atoms with Crippen LogP contribution in [0.25, 0.3) is 11.2 Å². The highest BCUT2D eigenvalue weighted by Crippen LogP contribution is 2.43. The van der Waals surface area contributed by atoms with Gasteiger partial charge in [-0.25, -0.2) is 15.0 Å². The lowest BCUT2D eigenvalue weighted by molar-refractivity contribution is -0.195. The molecular formula is C13H17N5O3. The van der Waals surface area contributed by atoms with E-state index in [9.17, 15) is 0 Å². The Morgan fingerprint density at radius 2 is 2.10 bits per heavy atom. The summed E-state index contributed by atoms with van der Waals surface area (Å²) in [6.07, 6.45) is 3.86. The maximum absolute atomic E-state index is 6.01. The van der Waals surface area contributed by atoms with Crippen LogP contribution in [0, 0.1) is 0 Å². The van der Waals surface area contributed by atoms with E-state index in [1.807, 2.05) is 18.4 Å². The molecule has 2 fully saturated rings. The van der Waals surface area contributed by atoms with Crippen molar-refractivity contribution >= 4 is 11.2 Å². The van der Waals surface area contributed by atoms with Crippen molar-refractivity contribution in [3.8, 4) is 0 Å². The molecule has 2 aliphatic rings. The standard InChI is InChI=1S/C13H17N5O3/c1-13(2)20-9-8(3-14)19-12(10(9)21-13)18-6-17-7-4-15-5-16-11(7)18/h4-6,8-10,12H,3,14H2,1-2H3/t8-,9-,10-,12-/m1/s1. The summed E-state index contributed by atoms with van der Waals surface area (Å²) < 4.78 is 19.8. The highest BCUT2D eigenvalue weighted by molar-refractivity contribution is 5.69. The molecule has 4 heterocycles. The second-order valence-electron chi connectivity index (χ2n) is 5.75. The fourth-order valence-electron chi connectivity index (χ4n) is 3.04. The first kappa shape index (κ1) is 13.1. The third kappa shape index (κ3) is 1.95. The maximum Gasteiger partial charge on any atom is 0.166 e. The first-order valence-electron chi connectivity index (χ1n) is 6.93. The Morgan fingerprint density at radius 3 is 2.90 bits per heavy atom. The van der Waals surface area contributed by atoms with Gasteiger partial charge in [0.2, 0.25) is 0 Å². The van der Waals surface area contributed by atoms with E-state index in [-0.39, 0.29) is 24.5 Å². The predicted octanol–water partition coefficient (Wildman–Crippen LogP) is 0.203. The van der Waals surface area contributed by atoms with Gasteiger partial charge in [-0.15, -0.1) is 0 Å². The molecule has 0 bridgehead atoms. The summed E-state index contributed by atoms with van der Waals surface area (Å²) in [6.45, 7) is 4.16. The minimum Gasteiger partial charge on any atom is -0.348 e. The van der Waals surface area contributed by atoms with Gasteiger partial charge < -0.3 is 19.9 Å². The molecule has 4 rings (SSSR count). The number of hydrogen-bond donors (Lipinski definition) is 1. The Labute approximate surface area is 121 Å². The van der Waals surface area contributed by atoms with Crippen LogP contribution in [-0.4, -0.2) is 50.2 Å². The number of fused-ring (bicyclic) bond motifs is 2. The zero-order chi connectivity index (χ0) is 14.6. The van der Waals surface area contributed by atoms with Crippen molar-refractivity contribution < 1.29 is 14.2 Å². The molecule has 2 aliphatic heterocycles. The first-order chi connectivity index (χ1) is 10.1. The van der Waals surface area contributed by atoms with Gasteiger partial charge in [0.25, 0.3) is 0 Å².